The molecule has 0 fully saturated rings. The fourth-order valence-corrected chi connectivity index (χ4v) is 2.09. The van der Waals surface area contributed by atoms with Crippen molar-refractivity contribution in [3.8, 4) is 17.9 Å². The summed E-state index contributed by atoms with van der Waals surface area (Å²) in [5.74, 6) is 4.95. The van der Waals surface area contributed by atoms with Gasteiger partial charge in [-0.25, -0.2) is 8.42 Å². The molecule has 0 saturated heterocycles. The predicted octanol–water partition coefficient (Wildman–Crippen LogP) is 0.571. The SMILES string of the molecule is Cc1cc(C#CCN)cc(NS(=O)(=O)CC#N)c1. The third-order valence-electron chi connectivity index (χ3n) is 1.94. The Bertz CT molecular complexity index is 634. The molecule has 0 amide bonds. The lowest BCUT2D eigenvalue weighted by atomic mass is 10.1. The Morgan fingerprint density at radius 1 is 1.39 bits per heavy atom. The van der Waals surface area contributed by atoms with Gasteiger partial charge in [0.1, 0.15) is 0 Å². The smallest absolute Gasteiger partial charge is 0.246 e. The minimum absolute atomic E-state index is 0.240. The average molecular weight is 263 g/mol. The third kappa shape index (κ3) is 4.46. The number of nitrogens with two attached hydrogens (primary N) is 1. The van der Waals surface area contributed by atoms with Gasteiger partial charge in [0, 0.05) is 5.56 Å². The Kier molecular flexibility index (Phi) is 4.73. The molecule has 3 N–H and O–H groups in total. The molecule has 18 heavy (non-hydrogen) atoms. The second kappa shape index (κ2) is 6.06. The second-order valence-electron chi connectivity index (χ2n) is 3.61. The highest BCUT2D eigenvalue weighted by Crippen LogP contribution is 2.15. The van der Waals surface area contributed by atoms with Gasteiger partial charge in [-0.2, -0.15) is 5.26 Å². The molecule has 0 unspecified atom stereocenters. The van der Waals surface area contributed by atoms with Gasteiger partial charge in [0.15, 0.2) is 5.75 Å². The van der Waals surface area contributed by atoms with E-state index in [1.807, 2.05) is 13.0 Å². The summed E-state index contributed by atoms with van der Waals surface area (Å²) in [6.45, 7) is 2.07. The molecule has 0 atom stereocenters. The van der Waals surface area contributed by atoms with Crippen LogP contribution in [0.15, 0.2) is 18.2 Å². The van der Waals surface area contributed by atoms with Crippen LogP contribution in [0.3, 0.4) is 0 Å². The molecule has 0 spiro atoms. The van der Waals surface area contributed by atoms with E-state index in [-0.39, 0.29) is 6.54 Å². The van der Waals surface area contributed by atoms with Gasteiger partial charge in [-0.05, 0) is 30.7 Å². The summed E-state index contributed by atoms with van der Waals surface area (Å²) >= 11 is 0. The van der Waals surface area contributed by atoms with Crippen LogP contribution in [0.1, 0.15) is 11.1 Å². The Balaban J connectivity index is 3.04. The zero-order chi connectivity index (χ0) is 13.6. The molecule has 0 saturated carbocycles. The number of benzene rings is 1. The van der Waals surface area contributed by atoms with Gasteiger partial charge >= 0.3 is 0 Å². The summed E-state index contributed by atoms with van der Waals surface area (Å²) < 4.78 is 25.2. The first-order valence-electron chi connectivity index (χ1n) is 5.15. The fourth-order valence-electron chi connectivity index (χ4n) is 1.37. The lowest BCUT2D eigenvalue weighted by molar-refractivity contribution is 0.604. The van der Waals surface area contributed by atoms with Crippen molar-refractivity contribution in [2.75, 3.05) is 17.0 Å². The number of anilines is 1. The number of rotatable bonds is 3. The molecule has 5 nitrogen and oxygen atoms in total. The number of aryl methyl sites for hydroxylation is 1. The maximum Gasteiger partial charge on any atom is 0.246 e. The van der Waals surface area contributed by atoms with Gasteiger partial charge in [-0.3, -0.25) is 4.72 Å². The monoisotopic (exact) mass is 263 g/mol. The van der Waals surface area contributed by atoms with Crippen molar-refractivity contribution in [3.63, 3.8) is 0 Å². The Morgan fingerprint density at radius 3 is 2.72 bits per heavy atom. The van der Waals surface area contributed by atoms with Gasteiger partial charge in [0.25, 0.3) is 0 Å². The van der Waals surface area contributed by atoms with Crippen LogP contribution in [0.4, 0.5) is 5.69 Å². The second-order valence-corrected chi connectivity index (χ2v) is 5.34. The van der Waals surface area contributed by atoms with Crippen molar-refractivity contribution in [1.82, 2.24) is 0 Å². The van der Waals surface area contributed by atoms with Crippen LogP contribution in [0.5, 0.6) is 0 Å². The molecule has 94 valence electrons. The maximum atomic E-state index is 11.4. The normalized spacial score (nSPS) is 10.1. The summed E-state index contributed by atoms with van der Waals surface area (Å²) in [5.41, 5.74) is 7.21. The highest BCUT2D eigenvalue weighted by molar-refractivity contribution is 7.92. The van der Waals surface area contributed by atoms with E-state index >= 15 is 0 Å². The number of hydrogen-bond acceptors (Lipinski definition) is 4. The number of sulfonamides is 1. The maximum absolute atomic E-state index is 11.4. The van der Waals surface area contributed by atoms with Crippen LogP contribution in [-0.4, -0.2) is 20.7 Å². The van der Waals surface area contributed by atoms with Gasteiger partial charge in [0.2, 0.25) is 10.0 Å². The van der Waals surface area contributed by atoms with Crippen LogP contribution >= 0.6 is 0 Å². The molecule has 0 bridgehead atoms. The lowest BCUT2D eigenvalue weighted by Gasteiger charge is -2.06. The van der Waals surface area contributed by atoms with E-state index in [1.54, 1.807) is 18.2 Å². The fraction of sp³-hybridized carbons (Fsp3) is 0.250. The van der Waals surface area contributed by atoms with Gasteiger partial charge < -0.3 is 5.73 Å². The van der Waals surface area contributed by atoms with E-state index < -0.39 is 15.8 Å². The van der Waals surface area contributed by atoms with E-state index in [4.69, 9.17) is 11.0 Å². The van der Waals surface area contributed by atoms with E-state index in [0.717, 1.165) is 5.56 Å². The molecule has 0 aliphatic carbocycles. The number of nitrogens with zero attached hydrogens (tertiary/aromatic N) is 1. The van der Waals surface area contributed by atoms with Crippen molar-refractivity contribution in [3.05, 3.63) is 29.3 Å². The minimum atomic E-state index is -3.62. The van der Waals surface area contributed by atoms with Crippen molar-refractivity contribution in [2.45, 2.75) is 6.92 Å². The molecule has 0 aromatic heterocycles. The van der Waals surface area contributed by atoms with Crippen LogP contribution in [-0.2, 0) is 10.0 Å². The summed E-state index contributed by atoms with van der Waals surface area (Å²) in [6.07, 6.45) is 0. The third-order valence-corrected chi connectivity index (χ3v) is 3.00. The molecule has 0 radical (unpaired) electrons. The van der Waals surface area contributed by atoms with Gasteiger partial charge in [0.05, 0.1) is 18.3 Å². The molecular formula is C12H13N3O2S. The molecule has 1 rings (SSSR count). The Morgan fingerprint density at radius 2 is 2.11 bits per heavy atom. The van der Waals surface area contributed by atoms with Crippen LogP contribution < -0.4 is 10.5 Å². The van der Waals surface area contributed by atoms with Crippen LogP contribution in [0.25, 0.3) is 0 Å². The van der Waals surface area contributed by atoms with Gasteiger partial charge in [-0.1, -0.05) is 11.8 Å². The van der Waals surface area contributed by atoms with Crippen LogP contribution in [0, 0.1) is 30.1 Å². The summed E-state index contributed by atoms with van der Waals surface area (Å²) in [5, 5.41) is 8.40. The molecule has 0 aliphatic rings. The zero-order valence-electron chi connectivity index (χ0n) is 9.90. The quantitative estimate of drug-likeness (QED) is 0.779. The van der Waals surface area contributed by atoms with E-state index in [0.29, 0.717) is 11.3 Å². The summed E-state index contributed by atoms with van der Waals surface area (Å²) in [4.78, 5) is 0. The highest BCUT2D eigenvalue weighted by Gasteiger charge is 2.09. The van der Waals surface area contributed by atoms with Crippen molar-refractivity contribution in [1.29, 1.82) is 5.26 Å². The predicted molar refractivity (Wildman–Crippen MR) is 70.1 cm³/mol. The minimum Gasteiger partial charge on any atom is -0.320 e. The van der Waals surface area contributed by atoms with Crippen molar-refractivity contribution >= 4 is 15.7 Å². The molecule has 0 heterocycles. The summed E-state index contributed by atoms with van der Waals surface area (Å²) in [6, 6.07) is 6.69. The largest absolute Gasteiger partial charge is 0.320 e. The number of nitrogens with one attached hydrogen (secondary N) is 1. The molecule has 6 heteroatoms. The highest BCUT2D eigenvalue weighted by atomic mass is 32.2. The van der Waals surface area contributed by atoms with Crippen LogP contribution in [0.2, 0.25) is 0 Å². The average Bonchev–Trinajstić information content (AvgIpc) is 2.24. The number of nitriles is 1. The molecule has 0 aliphatic heterocycles. The first-order chi connectivity index (χ1) is 8.46. The van der Waals surface area contributed by atoms with Crippen molar-refractivity contribution < 1.29 is 8.42 Å². The van der Waals surface area contributed by atoms with E-state index in [9.17, 15) is 8.42 Å². The van der Waals surface area contributed by atoms with Crippen molar-refractivity contribution in [2.24, 2.45) is 5.73 Å². The Hall–Kier alpha value is -2.02. The zero-order valence-corrected chi connectivity index (χ0v) is 10.7. The van der Waals surface area contributed by atoms with Gasteiger partial charge in [-0.15, -0.1) is 0 Å². The topological polar surface area (TPSA) is 96.0 Å². The Labute approximate surface area is 107 Å². The van der Waals surface area contributed by atoms with E-state index in [2.05, 4.69) is 16.6 Å². The first kappa shape index (κ1) is 14.0. The molecule has 1 aromatic carbocycles. The molecular weight excluding hydrogens is 250 g/mol. The summed E-state index contributed by atoms with van der Waals surface area (Å²) in [7, 11) is -3.62. The standard InChI is InChI=1S/C12H13N3O2S/c1-10-7-11(3-2-4-13)9-12(8-10)15-18(16,17)6-5-14/h7-9,15H,4,6,13H2,1H3. The lowest BCUT2D eigenvalue weighted by Crippen LogP contribution is -2.15. The first-order valence-corrected chi connectivity index (χ1v) is 6.80. The molecule has 1 aromatic rings. The number of hydrogen-bond donors (Lipinski definition) is 2. The van der Waals surface area contributed by atoms with E-state index in [1.165, 1.54) is 0 Å².